The van der Waals surface area contributed by atoms with Crippen LogP contribution in [0.5, 0.6) is 11.5 Å². The van der Waals surface area contributed by atoms with Gasteiger partial charge in [0.25, 0.3) is 5.91 Å². The second-order valence-corrected chi connectivity index (χ2v) is 7.69. The van der Waals surface area contributed by atoms with Gasteiger partial charge in [-0.1, -0.05) is 33.6 Å². The van der Waals surface area contributed by atoms with Crippen molar-refractivity contribution in [3.05, 3.63) is 94.0 Å². The molecule has 0 saturated heterocycles. The van der Waals surface area contributed by atoms with Crippen molar-refractivity contribution in [2.24, 2.45) is 5.10 Å². The highest BCUT2D eigenvalue weighted by Gasteiger charge is 2.13. The molecule has 0 aliphatic carbocycles. The first-order valence-corrected chi connectivity index (χ1v) is 10.3. The molecule has 0 heterocycles. The molecule has 6 nitrogen and oxygen atoms in total. The Morgan fingerprint density at radius 2 is 1.68 bits per heavy atom. The summed E-state index contributed by atoms with van der Waals surface area (Å²) in [5, 5.41) is 3.95. The maximum absolute atomic E-state index is 12.2. The molecule has 0 aromatic heterocycles. The molecule has 1 atom stereocenters. The number of amides is 1. The van der Waals surface area contributed by atoms with Gasteiger partial charge in [-0.3, -0.25) is 4.79 Å². The summed E-state index contributed by atoms with van der Waals surface area (Å²) in [6.45, 7) is 3.56. The van der Waals surface area contributed by atoms with Gasteiger partial charge in [0, 0.05) is 4.47 Å². The summed E-state index contributed by atoms with van der Waals surface area (Å²) in [4.78, 5) is 24.3. The Morgan fingerprint density at radius 1 is 1.00 bits per heavy atom. The molecule has 158 valence electrons. The van der Waals surface area contributed by atoms with Crippen LogP contribution >= 0.6 is 15.9 Å². The lowest BCUT2D eigenvalue weighted by atomic mass is 10.1. The van der Waals surface area contributed by atoms with Crippen LogP contribution in [0.4, 0.5) is 0 Å². The van der Waals surface area contributed by atoms with Crippen molar-refractivity contribution >= 4 is 34.0 Å². The fourth-order valence-corrected chi connectivity index (χ4v) is 2.86. The number of nitrogens with one attached hydrogen (secondary N) is 1. The van der Waals surface area contributed by atoms with Gasteiger partial charge in [-0.25, -0.2) is 10.2 Å². The quantitative estimate of drug-likeness (QED) is 0.226. The van der Waals surface area contributed by atoms with Crippen LogP contribution < -0.4 is 14.9 Å². The number of aryl methyl sites for hydroxylation is 1. The Bertz CT molecular complexity index is 1080. The highest BCUT2D eigenvalue weighted by Crippen LogP contribution is 2.17. The van der Waals surface area contributed by atoms with E-state index in [1.807, 2.05) is 31.2 Å². The first-order chi connectivity index (χ1) is 14.9. The average Bonchev–Trinajstić information content (AvgIpc) is 2.76. The molecule has 0 bridgehead atoms. The fourth-order valence-electron chi connectivity index (χ4n) is 2.59. The summed E-state index contributed by atoms with van der Waals surface area (Å²) >= 11 is 3.35. The summed E-state index contributed by atoms with van der Waals surface area (Å²) in [6, 6.07) is 21.2. The van der Waals surface area contributed by atoms with Gasteiger partial charge >= 0.3 is 5.97 Å². The molecule has 0 aliphatic heterocycles. The average molecular weight is 481 g/mol. The van der Waals surface area contributed by atoms with Gasteiger partial charge in [-0.2, -0.15) is 5.10 Å². The normalized spacial score (nSPS) is 11.7. The maximum Gasteiger partial charge on any atom is 0.343 e. The van der Waals surface area contributed by atoms with E-state index in [-0.39, 0.29) is 5.91 Å². The Hall–Kier alpha value is -3.45. The predicted molar refractivity (Wildman–Crippen MR) is 123 cm³/mol. The zero-order valence-corrected chi connectivity index (χ0v) is 18.6. The molecule has 0 fully saturated rings. The summed E-state index contributed by atoms with van der Waals surface area (Å²) < 4.78 is 11.9. The molecule has 0 aliphatic rings. The van der Waals surface area contributed by atoms with Gasteiger partial charge in [0.05, 0.1) is 11.8 Å². The summed E-state index contributed by atoms with van der Waals surface area (Å²) in [5.41, 5.74) is 4.66. The fraction of sp³-hybridized carbons (Fsp3) is 0.125. The van der Waals surface area contributed by atoms with E-state index in [2.05, 4.69) is 26.5 Å². The lowest BCUT2D eigenvalue weighted by Gasteiger charge is -2.12. The van der Waals surface area contributed by atoms with Gasteiger partial charge in [0.2, 0.25) is 0 Å². The van der Waals surface area contributed by atoms with Gasteiger partial charge in [-0.05, 0) is 80.1 Å². The highest BCUT2D eigenvalue weighted by atomic mass is 79.9. The van der Waals surface area contributed by atoms with E-state index in [9.17, 15) is 9.59 Å². The Balaban J connectivity index is 1.50. The summed E-state index contributed by atoms with van der Waals surface area (Å²) in [6.07, 6.45) is 0.790. The minimum Gasteiger partial charge on any atom is -0.481 e. The molecule has 0 radical (unpaired) electrons. The second-order valence-electron chi connectivity index (χ2n) is 6.78. The van der Waals surface area contributed by atoms with Crippen molar-refractivity contribution in [1.29, 1.82) is 0 Å². The molecular weight excluding hydrogens is 460 g/mol. The first kappa shape index (κ1) is 22.2. The molecule has 31 heavy (non-hydrogen) atoms. The van der Waals surface area contributed by atoms with Crippen LogP contribution in [0.2, 0.25) is 0 Å². The molecule has 7 heteroatoms. The van der Waals surface area contributed by atoms with Crippen molar-refractivity contribution in [2.45, 2.75) is 20.0 Å². The van der Waals surface area contributed by atoms with E-state index in [0.717, 1.165) is 15.6 Å². The molecule has 0 saturated carbocycles. The van der Waals surface area contributed by atoms with Gasteiger partial charge in [0.1, 0.15) is 11.5 Å². The smallest absolute Gasteiger partial charge is 0.343 e. The van der Waals surface area contributed by atoms with Crippen molar-refractivity contribution in [3.63, 3.8) is 0 Å². The van der Waals surface area contributed by atoms with E-state index in [4.69, 9.17) is 9.47 Å². The molecule has 3 aromatic carbocycles. The number of carbonyl (C=O) groups excluding carboxylic acids is 2. The number of esters is 1. The maximum atomic E-state index is 12.2. The molecule has 1 N–H and O–H groups in total. The third-order valence-electron chi connectivity index (χ3n) is 4.23. The van der Waals surface area contributed by atoms with E-state index in [1.165, 1.54) is 6.21 Å². The number of hydrazone groups is 1. The van der Waals surface area contributed by atoms with Gasteiger partial charge in [0.15, 0.2) is 6.10 Å². The van der Waals surface area contributed by atoms with Crippen molar-refractivity contribution < 1.29 is 19.1 Å². The van der Waals surface area contributed by atoms with Crippen LogP contribution in [0, 0.1) is 6.92 Å². The standard InChI is InChI=1S/C24H21BrN2O4/c1-16-4-3-5-19(14-16)24(29)31-22-10-6-18(7-11-22)15-26-27-23(28)17(2)30-21-12-8-20(25)9-13-21/h3-15,17H,1-2H3,(H,27,28)/b26-15-/t17-/m1/s1. The van der Waals surface area contributed by atoms with E-state index < -0.39 is 12.1 Å². The summed E-state index contributed by atoms with van der Waals surface area (Å²) in [7, 11) is 0. The SMILES string of the molecule is Cc1cccc(C(=O)Oc2ccc(/C=N\NC(=O)[C@@H](C)Oc3ccc(Br)cc3)cc2)c1. The van der Waals surface area contributed by atoms with Crippen LogP contribution in [0.3, 0.4) is 0 Å². The largest absolute Gasteiger partial charge is 0.481 e. The number of halogens is 1. The molecule has 0 spiro atoms. The topological polar surface area (TPSA) is 77.0 Å². The lowest BCUT2D eigenvalue weighted by Crippen LogP contribution is -2.33. The zero-order chi connectivity index (χ0) is 22.2. The van der Waals surface area contributed by atoms with Crippen molar-refractivity contribution in [3.8, 4) is 11.5 Å². The highest BCUT2D eigenvalue weighted by molar-refractivity contribution is 9.10. The van der Waals surface area contributed by atoms with Crippen LogP contribution in [-0.2, 0) is 4.79 Å². The second kappa shape index (κ2) is 10.5. The number of nitrogens with zero attached hydrogens (tertiary/aromatic N) is 1. The molecule has 0 unspecified atom stereocenters. The van der Waals surface area contributed by atoms with Gasteiger partial charge < -0.3 is 9.47 Å². The Labute approximate surface area is 189 Å². The Morgan fingerprint density at radius 3 is 2.35 bits per heavy atom. The predicted octanol–water partition coefficient (Wildman–Crippen LogP) is 4.89. The number of benzene rings is 3. The van der Waals surface area contributed by atoms with Crippen molar-refractivity contribution in [1.82, 2.24) is 5.43 Å². The third-order valence-corrected chi connectivity index (χ3v) is 4.76. The van der Waals surface area contributed by atoms with E-state index in [0.29, 0.717) is 17.1 Å². The first-order valence-electron chi connectivity index (χ1n) is 9.55. The van der Waals surface area contributed by atoms with Gasteiger partial charge in [-0.15, -0.1) is 0 Å². The number of rotatable bonds is 7. The minimum absolute atomic E-state index is 0.372. The number of carbonyl (C=O) groups is 2. The van der Waals surface area contributed by atoms with Crippen LogP contribution in [0.1, 0.15) is 28.4 Å². The van der Waals surface area contributed by atoms with Crippen LogP contribution in [0.15, 0.2) is 82.4 Å². The molecule has 1 amide bonds. The van der Waals surface area contributed by atoms with E-state index >= 15 is 0 Å². The molecule has 3 rings (SSSR count). The molecular formula is C24H21BrN2O4. The number of ether oxygens (including phenoxy) is 2. The third kappa shape index (κ3) is 6.79. The van der Waals surface area contributed by atoms with Crippen molar-refractivity contribution in [2.75, 3.05) is 0 Å². The lowest BCUT2D eigenvalue weighted by molar-refractivity contribution is -0.127. The number of hydrogen-bond acceptors (Lipinski definition) is 5. The van der Waals surface area contributed by atoms with Crippen LogP contribution in [0.25, 0.3) is 0 Å². The summed E-state index contributed by atoms with van der Waals surface area (Å²) in [5.74, 6) is 0.217. The van der Waals surface area contributed by atoms with E-state index in [1.54, 1.807) is 55.5 Å². The zero-order valence-electron chi connectivity index (χ0n) is 17.0. The Kier molecular flexibility index (Phi) is 7.56. The minimum atomic E-state index is -0.707. The van der Waals surface area contributed by atoms with Crippen LogP contribution in [-0.4, -0.2) is 24.2 Å². The number of hydrogen-bond donors (Lipinski definition) is 1. The molecule has 3 aromatic rings. The monoisotopic (exact) mass is 480 g/mol.